The molecule has 27 heavy (non-hydrogen) atoms. The zero-order chi connectivity index (χ0) is 19.6. The quantitative estimate of drug-likeness (QED) is 0.599. The molecule has 0 bridgehead atoms. The highest BCUT2D eigenvalue weighted by Gasteiger charge is 2.21. The monoisotopic (exact) mass is 369 g/mol. The number of H-pyrrole nitrogens is 1. The van der Waals surface area contributed by atoms with E-state index in [9.17, 15) is 14.4 Å². The first-order valence-electron chi connectivity index (χ1n) is 9.00. The molecule has 1 heterocycles. The van der Waals surface area contributed by atoms with Gasteiger partial charge in [0.25, 0.3) is 0 Å². The van der Waals surface area contributed by atoms with Crippen molar-refractivity contribution in [1.82, 2.24) is 4.98 Å². The number of ether oxygens (including phenoxy) is 2. The fraction of sp³-hybridized carbons (Fsp3) is 0.381. The number of Topliss-reactive ketones (excluding diaryl/α,β-unsaturated/α-hetero) is 2. The predicted molar refractivity (Wildman–Crippen MR) is 99.5 cm³/mol. The summed E-state index contributed by atoms with van der Waals surface area (Å²) in [6, 6.07) is 5.82. The van der Waals surface area contributed by atoms with E-state index in [1.165, 1.54) is 18.1 Å². The van der Waals surface area contributed by atoms with Crippen molar-refractivity contribution < 1.29 is 23.9 Å². The highest BCUT2D eigenvalue weighted by atomic mass is 16.6. The van der Waals surface area contributed by atoms with E-state index in [0.717, 1.165) is 19.3 Å². The summed E-state index contributed by atoms with van der Waals surface area (Å²) >= 11 is 0. The first kappa shape index (κ1) is 18.9. The molecule has 2 aromatic rings. The summed E-state index contributed by atoms with van der Waals surface area (Å²) in [6.45, 7) is 4.23. The summed E-state index contributed by atoms with van der Waals surface area (Å²) in [7, 11) is 0. The maximum Gasteiger partial charge on any atom is 0.344 e. The van der Waals surface area contributed by atoms with Gasteiger partial charge in [-0.1, -0.05) is 6.07 Å². The minimum atomic E-state index is -0.614. The Hall–Kier alpha value is -2.89. The molecule has 1 aliphatic rings. The average molecular weight is 369 g/mol. The van der Waals surface area contributed by atoms with Crippen molar-refractivity contribution in [3.63, 3.8) is 0 Å². The second-order valence-electron chi connectivity index (χ2n) is 6.84. The van der Waals surface area contributed by atoms with Crippen molar-refractivity contribution in [1.29, 1.82) is 0 Å². The van der Waals surface area contributed by atoms with E-state index >= 15 is 0 Å². The Morgan fingerprint density at radius 2 is 1.81 bits per heavy atom. The number of hydrogen-bond acceptors (Lipinski definition) is 5. The lowest BCUT2D eigenvalue weighted by Gasteiger charge is -2.08. The van der Waals surface area contributed by atoms with Gasteiger partial charge in [0.15, 0.2) is 19.0 Å². The lowest BCUT2D eigenvalue weighted by Crippen LogP contribution is -2.20. The van der Waals surface area contributed by atoms with E-state index in [0.29, 0.717) is 28.3 Å². The number of aryl methyl sites for hydroxylation is 3. The summed E-state index contributed by atoms with van der Waals surface area (Å²) in [6.07, 6.45) is 3.26. The predicted octanol–water partition coefficient (Wildman–Crippen LogP) is 3.13. The lowest BCUT2D eigenvalue weighted by molar-refractivity contribution is -0.144. The summed E-state index contributed by atoms with van der Waals surface area (Å²) in [5.74, 6) is -0.480. The SMILES string of the molecule is CC(=O)c1c(C)[nH]c(C(=O)COC(=O)COc2ccc3c(c2)CCC3)c1C. The molecule has 0 aliphatic heterocycles. The molecule has 1 aromatic carbocycles. The van der Waals surface area contributed by atoms with Crippen LogP contribution in [0.25, 0.3) is 0 Å². The van der Waals surface area contributed by atoms with E-state index in [1.807, 2.05) is 18.2 Å². The number of benzene rings is 1. The Labute approximate surface area is 157 Å². The zero-order valence-electron chi connectivity index (χ0n) is 15.8. The van der Waals surface area contributed by atoms with Crippen molar-refractivity contribution in [2.45, 2.75) is 40.0 Å². The van der Waals surface area contributed by atoms with Gasteiger partial charge in [0.2, 0.25) is 5.78 Å². The summed E-state index contributed by atoms with van der Waals surface area (Å²) in [5, 5.41) is 0. The van der Waals surface area contributed by atoms with Gasteiger partial charge in [-0.05, 0) is 68.9 Å². The third kappa shape index (κ3) is 4.10. The summed E-state index contributed by atoms with van der Waals surface area (Å²) < 4.78 is 10.5. The molecule has 0 saturated heterocycles. The number of carbonyl (C=O) groups excluding carboxylic acids is 3. The number of aromatic nitrogens is 1. The molecule has 1 aromatic heterocycles. The van der Waals surface area contributed by atoms with Crippen molar-refractivity contribution in [2.24, 2.45) is 0 Å². The van der Waals surface area contributed by atoms with E-state index in [2.05, 4.69) is 4.98 Å². The van der Waals surface area contributed by atoms with Crippen molar-refractivity contribution >= 4 is 17.5 Å². The smallest absolute Gasteiger partial charge is 0.344 e. The van der Waals surface area contributed by atoms with Crippen LogP contribution in [0.15, 0.2) is 18.2 Å². The Kier molecular flexibility index (Phi) is 5.44. The van der Waals surface area contributed by atoms with E-state index in [1.54, 1.807) is 13.8 Å². The van der Waals surface area contributed by atoms with E-state index < -0.39 is 12.6 Å². The molecule has 0 saturated carbocycles. The number of esters is 1. The number of aromatic amines is 1. The Morgan fingerprint density at radius 1 is 1.07 bits per heavy atom. The molecule has 0 unspecified atom stereocenters. The van der Waals surface area contributed by atoms with Crippen LogP contribution in [-0.4, -0.2) is 35.7 Å². The average Bonchev–Trinajstić information content (AvgIpc) is 3.21. The van der Waals surface area contributed by atoms with Crippen molar-refractivity contribution in [3.8, 4) is 5.75 Å². The molecular formula is C21H23NO5. The molecular weight excluding hydrogens is 346 g/mol. The van der Waals surface area contributed by atoms with E-state index in [4.69, 9.17) is 9.47 Å². The van der Waals surface area contributed by atoms with Gasteiger partial charge in [-0.3, -0.25) is 9.59 Å². The number of nitrogens with one attached hydrogen (secondary N) is 1. The van der Waals surface area contributed by atoms with Crippen molar-refractivity contribution in [2.75, 3.05) is 13.2 Å². The Balaban J connectivity index is 1.52. The van der Waals surface area contributed by atoms with Gasteiger partial charge in [-0.15, -0.1) is 0 Å². The number of hydrogen-bond donors (Lipinski definition) is 1. The van der Waals surface area contributed by atoms with Crippen molar-refractivity contribution in [3.05, 3.63) is 51.8 Å². The molecule has 142 valence electrons. The van der Waals surface area contributed by atoms with Crippen LogP contribution in [0.4, 0.5) is 0 Å². The van der Waals surface area contributed by atoms with Crippen LogP contribution < -0.4 is 4.74 Å². The molecule has 1 aliphatic carbocycles. The molecule has 6 nitrogen and oxygen atoms in total. The van der Waals surface area contributed by atoms with Gasteiger partial charge in [0, 0.05) is 11.3 Å². The summed E-state index contributed by atoms with van der Waals surface area (Å²) in [4.78, 5) is 38.7. The molecule has 1 N–H and O–H groups in total. The van der Waals surface area contributed by atoms with Crippen LogP contribution in [0.2, 0.25) is 0 Å². The second kappa shape index (κ2) is 7.78. The first-order valence-corrected chi connectivity index (χ1v) is 9.00. The number of ketones is 2. The van der Waals surface area contributed by atoms with Crippen LogP contribution in [0.3, 0.4) is 0 Å². The molecule has 0 radical (unpaired) electrons. The lowest BCUT2D eigenvalue weighted by atomic mass is 10.1. The fourth-order valence-corrected chi connectivity index (χ4v) is 3.60. The van der Waals surface area contributed by atoms with Crippen LogP contribution >= 0.6 is 0 Å². The fourth-order valence-electron chi connectivity index (χ4n) is 3.60. The third-order valence-corrected chi connectivity index (χ3v) is 4.86. The number of rotatable bonds is 7. The molecule has 6 heteroatoms. The van der Waals surface area contributed by atoms with Gasteiger partial charge in [0.05, 0.1) is 5.69 Å². The maximum absolute atomic E-state index is 12.3. The number of fused-ring (bicyclic) bond motifs is 1. The second-order valence-corrected chi connectivity index (χ2v) is 6.84. The normalized spacial score (nSPS) is 12.6. The molecule has 0 amide bonds. The van der Waals surface area contributed by atoms with Gasteiger partial charge in [-0.25, -0.2) is 4.79 Å². The van der Waals surface area contributed by atoms with Crippen LogP contribution in [0.1, 0.15) is 56.6 Å². The highest BCUT2D eigenvalue weighted by molar-refractivity contribution is 6.04. The zero-order valence-corrected chi connectivity index (χ0v) is 15.8. The van der Waals surface area contributed by atoms with Gasteiger partial charge < -0.3 is 14.5 Å². The third-order valence-electron chi connectivity index (χ3n) is 4.86. The van der Waals surface area contributed by atoms with Gasteiger partial charge in [-0.2, -0.15) is 0 Å². The topological polar surface area (TPSA) is 85.5 Å². The number of carbonyl (C=O) groups is 3. The van der Waals surface area contributed by atoms with E-state index in [-0.39, 0.29) is 18.2 Å². The minimum Gasteiger partial charge on any atom is -0.482 e. The van der Waals surface area contributed by atoms with Crippen LogP contribution in [-0.2, 0) is 22.4 Å². The summed E-state index contributed by atoms with van der Waals surface area (Å²) in [5.41, 5.74) is 4.60. The standard InChI is InChI=1S/C21H23NO5/c1-12-20(14(3)23)13(2)22-21(12)18(24)10-27-19(25)11-26-17-8-7-15-5-4-6-16(15)9-17/h7-9,22H,4-6,10-11H2,1-3H3. The molecule has 0 spiro atoms. The molecule has 3 rings (SSSR count). The van der Waals surface area contributed by atoms with Gasteiger partial charge >= 0.3 is 5.97 Å². The minimum absolute atomic E-state index is 0.111. The Bertz CT molecular complexity index is 910. The molecule has 0 atom stereocenters. The van der Waals surface area contributed by atoms with Crippen LogP contribution in [0, 0.1) is 13.8 Å². The van der Waals surface area contributed by atoms with Gasteiger partial charge in [0.1, 0.15) is 5.75 Å². The van der Waals surface area contributed by atoms with Crippen LogP contribution in [0.5, 0.6) is 5.75 Å². The maximum atomic E-state index is 12.3. The molecule has 0 fully saturated rings. The first-order chi connectivity index (χ1) is 12.9. The largest absolute Gasteiger partial charge is 0.482 e. The Morgan fingerprint density at radius 3 is 2.52 bits per heavy atom. The highest BCUT2D eigenvalue weighted by Crippen LogP contribution is 2.26.